The minimum absolute atomic E-state index is 0.123. The molecule has 0 aromatic heterocycles. The van der Waals surface area contributed by atoms with E-state index in [4.69, 9.17) is 0 Å². The zero-order chi connectivity index (χ0) is 26.0. The van der Waals surface area contributed by atoms with Gasteiger partial charge in [-0.2, -0.15) is 0 Å². The van der Waals surface area contributed by atoms with Gasteiger partial charge in [0.15, 0.2) is 29.5 Å². The predicted octanol–water partition coefficient (Wildman–Crippen LogP) is 5.85. The molecule has 0 heterocycles. The van der Waals surface area contributed by atoms with Crippen LogP contribution in [0.5, 0.6) is 0 Å². The molecule has 0 aliphatic rings. The Bertz CT molecular complexity index is 1070. The molecule has 0 spiro atoms. The molecule has 6 nitrogen and oxygen atoms in total. The second-order valence-electron chi connectivity index (χ2n) is 9.51. The molecule has 0 N–H and O–H groups in total. The average molecular weight is 537 g/mol. The van der Waals surface area contributed by atoms with E-state index < -0.39 is 29.5 Å². The first-order valence-electron chi connectivity index (χ1n) is 12.7. The van der Waals surface area contributed by atoms with Gasteiger partial charge in [-0.15, -0.1) is 0 Å². The Morgan fingerprint density at radius 1 is 0.529 bits per heavy atom. The van der Waals surface area contributed by atoms with Gasteiger partial charge in [-0.05, 0) is 49.3 Å². The number of hydrogen-bond donors (Lipinski definition) is 0. The first-order valence-corrected chi connectivity index (χ1v) is 17.6. The van der Waals surface area contributed by atoms with Crippen LogP contribution in [0.15, 0.2) is 32.9 Å². The van der Waals surface area contributed by atoms with Crippen LogP contribution in [0.1, 0.15) is 92.4 Å². The summed E-state index contributed by atoms with van der Waals surface area (Å²) < 4.78 is 78.2. The van der Waals surface area contributed by atoms with Gasteiger partial charge in [0.05, 0.1) is 31.9 Å². The standard InChI is InChI=1S/C25H44O6S3/c1-6-10-21(5)13-16-33(28,29)24-18-23(32(26,27)15-9-4)19-25(20-24)34(30,31)17-14-22(11-7-2)12-8-3/h18-22H,6-17H2,1-5H3. The first kappa shape index (κ1) is 31.1. The Morgan fingerprint density at radius 2 is 0.912 bits per heavy atom. The number of hydrogen-bond acceptors (Lipinski definition) is 6. The van der Waals surface area contributed by atoms with Crippen molar-refractivity contribution < 1.29 is 25.3 Å². The Morgan fingerprint density at radius 3 is 1.29 bits per heavy atom. The van der Waals surface area contributed by atoms with E-state index in [0.717, 1.165) is 56.7 Å². The molecule has 0 amide bonds. The smallest absolute Gasteiger partial charge is 0.178 e. The van der Waals surface area contributed by atoms with Crippen molar-refractivity contribution in [3.8, 4) is 0 Å². The molecule has 0 bridgehead atoms. The molecule has 0 saturated carbocycles. The molecule has 0 aliphatic carbocycles. The van der Waals surface area contributed by atoms with Gasteiger partial charge >= 0.3 is 0 Å². The maximum atomic E-state index is 13.2. The molecule has 198 valence electrons. The molecule has 1 aromatic carbocycles. The van der Waals surface area contributed by atoms with Crippen LogP contribution in [0.4, 0.5) is 0 Å². The zero-order valence-corrected chi connectivity index (χ0v) is 24.0. The molecule has 0 fully saturated rings. The Balaban J connectivity index is 3.42. The summed E-state index contributed by atoms with van der Waals surface area (Å²) in [5.41, 5.74) is 0. The summed E-state index contributed by atoms with van der Waals surface area (Å²) in [5.74, 6) is 0.0599. The maximum Gasteiger partial charge on any atom is 0.178 e. The third-order valence-electron chi connectivity index (χ3n) is 6.25. The van der Waals surface area contributed by atoms with Crippen LogP contribution in [-0.2, 0) is 29.5 Å². The summed E-state index contributed by atoms with van der Waals surface area (Å²) in [6.07, 6.45) is 6.93. The Kier molecular flexibility index (Phi) is 12.8. The van der Waals surface area contributed by atoms with Crippen LogP contribution in [0.3, 0.4) is 0 Å². The second kappa shape index (κ2) is 14.0. The van der Waals surface area contributed by atoms with Crippen molar-refractivity contribution in [2.45, 2.75) is 107 Å². The van der Waals surface area contributed by atoms with E-state index in [9.17, 15) is 25.3 Å². The lowest BCUT2D eigenvalue weighted by Gasteiger charge is -2.16. The molecule has 0 aliphatic heterocycles. The van der Waals surface area contributed by atoms with Gasteiger partial charge in [-0.3, -0.25) is 0 Å². The molecule has 0 saturated heterocycles. The minimum atomic E-state index is -3.84. The fourth-order valence-electron chi connectivity index (χ4n) is 4.27. The van der Waals surface area contributed by atoms with Crippen LogP contribution in [-0.4, -0.2) is 42.5 Å². The normalized spacial score (nSPS) is 13.9. The van der Waals surface area contributed by atoms with E-state index in [0.29, 0.717) is 19.3 Å². The summed E-state index contributed by atoms with van der Waals surface area (Å²) in [7, 11) is -11.5. The third-order valence-corrected chi connectivity index (χ3v) is 11.6. The van der Waals surface area contributed by atoms with Gasteiger partial charge in [0.25, 0.3) is 0 Å². The second-order valence-corrected chi connectivity index (χ2v) is 15.8. The molecule has 1 atom stereocenters. The van der Waals surface area contributed by atoms with Crippen molar-refractivity contribution in [2.75, 3.05) is 17.3 Å². The van der Waals surface area contributed by atoms with Gasteiger partial charge in [0.2, 0.25) is 0 Å². The van der Waals surface area contributed by atoms with Crippen molar-refractivity contribution >= 4 is 29.5 Å². The van der Waals surface area contributed by atoms with Gasteiger partial charge in [0, 0.05) is 0 Å². The number of sulfone groups is 3. The molecule has 9 heteroatoms. The fourth-order valence-corrected chi connectivity index (χ4v) is 8.94. The van der Waals surface area contributed by atoms with Crippen LogP contribution in [0, 0.1) is 11.8 Å². The van der Waals surface area contributed by atoms with Gasteiger partial charge in [0.1, 0.15) is 0 Å². The third kappa shape index (κ3) is 9.61. The predicted molar refractivity (Wildman–Crippen MR) is 140 cm³/mol. The number of rotatable bonds is 17. The molecule has 34 heavy (non-hydrogen) atoms. The number of benzene rings is 1. The molecule has 0 radical (unpaired) electrons. The van der Waals surface area contributed by atoms with E-state index in [1.165, 1.54) is 0 Å². The molecule has 1 rings (SSSR count). The van der Waals surface area contributed by atoms with Gasteiger partial charge in [-0.1, -0.05) is 73.1 Å². The molecule has 1 aromatic rings. The minimum Gasteiger partial charge on any atom is -0.224 e. The summed E-state index contributed by atoms with van der Waals surface area (Å²) >= 11 is 0. The van der Waals surface area contributed by atoms with E-state index in [-0.39, 0.29) is 43.8 Å². The lowest BCUT2D eigenvalue weighted by molar-refractivity contribution is 0.426. The lowest BCUT2D eigenvalue weighted by Crippen LogP contribution is -2.16. The average Bonchev–Trinajstić information content (AvgIpc) is 2.76. The largest absolute Gasteiger partial charge is 0.224 e. The summed E-state index contributed by atoms with van der Waals surface area (Å²) in [6.45, 7) is 9.87. The van der Waals surface area contributed by atoms with E-state index in [2.05, 4.69) is 13.8 Å². The van der Waals surface area contributed by atoms with Crippen LogP contribution >= 0.6 is 0 Å². The fraction of sp³-hybridized carbons (Fsp3) is 0.760. The lowest BCUT2D eigenvalue weighted by atomic mass is 9.96. The summed E-state index contributed by atoms with van der Waals surface area (Å²) in [5, 5.41) is 0. The molecular formula is C25H44O6S3. The maximum absolute atomic E-state index is 13.2. The quantitative estimate of drug-likeness (QED) is 0.247. The summed E-state index contributed by atoms with van der Waals surface area (Å²) in [6, 6.07) is 3.45. The topological polar surface area (TPSA) is 102 Å². The van der Waals surface area contributed by atoms with Crippen LogP contribution in [0.25, 0.3) is 0 Å². The Labute approximate surface area is 208 Å². The van der Waals surface area contributed by atoms with Crippen LogP contribution < -0.4 is 0 Å². The highest BCUT2D eigenvalue weighted by molar-refractivity contribution is 7.93. The van der Waals surface area contributed by atoms with Gasteiger partial charge in [-0.25, -0.2) is 25.3 Å². The molecular weight excluding hydrogens is 492 g/mol. The SMILES string of the molecule is CCCC(C)CCS(=O)(=O)c1cc(S(=O)(=O)CCC)cc(S(=O)(=O)CCC(CCC)CCC)c1. The van der Waals surface area contributed by atoms with E-state index >= 15 is 0 Å². The van der Waals surface area contributed by atoms with E-state index in [1.54, 1.807) is 6.92 Å². The first-order chi connectivity index (χ1) is 15.8. The van der Waals surface area contributed by atoms with Crippen molar-refractivity contribution in [1.82, 2.24) is 0 Å². The van der Waals surface area contributed by atoms with Crippen molar-refractivity contribution in [1.29, 1.82) is 0 Å². The van der Waals surface area contributed by atoms with Crippen molar-refractivity contribution in [3.05, 3.63) is 18.2 Å². The summed E-state index contributed by atoms with van der Waals surface area (Å²) in [4.78, 5) is -0.656. The van der Waals surface area contributed by atoms with E-state index in [1.807, 2.05) is 13.8 Å². The highest BCUT2D eigenvalue weighted by atomic mass is 32.2. The Hall–Kier alpha value is -0.930. The molecule has 1 unspecified atom stereocenters. The van der Waals surface area contributed by atoms with Crippen molar-refractivity contribution in [3.63, 3.8) is 0 Å². The highest BCUT2D eigenvalue weighted by Gasteiger charge is 2.26. The highest BCUT2D eigenvalue weighted by Crippen LogP contribution is 2.28. The van der Waals surface area contributed by atoms with Gasteiger partial charge < -0.3 is 0 Å². The van der Waals surface area contributed by atoms with Crippen molar-refractivity contribution in [2.24, 2.45) is 11.8 Å². The van der Waals surface area contributed by atoms with Crippen LogP contribution in [0.2, 0.25) is 0 Å². The zero-order valence-electron chi connectivity index (χ0n) is 21.5. The monoisotopic (exact) mass is 536 g/mol.